The summed E-state index contributed by atoms with van der Waals surface area (Å²) in [5.41, 5.74) is 5.47. The molecule has 15 heavy (non-hydrogen) atoms. The molecule has 0 aliphatic carbocycles. The molecule has 3 N–H and O–H groups in total. The number of rotatable bonds is 4. The molecule has 1 aliphatic rings. The largest absolute Gasteiger partial charge is 0.394 e. The van der Waals surface area contributed by atoms with Gasteiger partial charge in [-0.05, 0) is 12.5 Å². The molecule has 1 aliphatic heterocycles. The number of aliphatic hydroxyl groups excluding tert-OH is 1. The Morgan fingerprint density at radius 3 is 3.07 bits per heavy atom. The fourth-order valence-electron chi connectivity index (χ4n) is 1.57. The van der Waals surface area contributed by atoms with E-state index in [-0.39, 0.29) is 24.5 Å². The SMILES string of the molecule is CC(CN)CC(=O)N1CCOC(CO)C1. The zero-order valence-corrected chi connectivity index (χ0v) is 9.19. The van der Waals surface area contributed by atoms with Crippen LogP contribution in [-0.2, 0) is 9.53 Å². The maximum atomic E-state index is 11.8. The van der Waals surface area contributed by atoms with Crippen LogP contribution in [0.3, 0.4) is 0 Å². The molecule has 2 atom stereocenters. The monoisotopic (exact) mass is 216 g/mol. The smallest absolute Gasteiger partial charge is 0.223 e. The molecule has 88 valence electrons. The topological polar surface area (TPSA) is 75.8 Å². The molecule has 5 heteroatoms. The summed E-state index contributed by atoms with van der Waals surface area (Å²) in [7, 11) is 0. The quantitative estimate of drug-likeness (QED) is 0.644. The lowest BCUT2D eigenvalue weighted by molar-refractivity contribution is -0.141. The first kappa shape index (κ1) is 12.4. The van der Waals surface area contributed by atoms with Gasteiger partial charge in [0, 0.05) is 19.5 Å². The molecule has 0 saturated carbocycles. The van der Waals surface area contributed by atoms with Crippen molar-refractivity contribution in [2.24, 2.45) is 11.7 Å². The Morgan fingerprint density at radius 2 is 2.47 bits per heavy atom. The Morgan fingerprint density at radius 1 is 1.73 bits per heavy atom. The van der Waals surface area contributed by atoms with Crippen molar-refractivity contribution in [1.29, 1.82) is 0 Å². The van der Waals surface area contributed by atoms with Gasteiger partial charge >= 0.3 is 0 Å². The lowest BCUT2D eigenvalue weighted by Crippen LogP contribution is -2.47. The van der Waals surface area contributed by atoms with Gasteiger partial charge in [0.05, 0.1) is 19.3 Å². The summed E-state index contributed by atoms with van der Waals surface area (Å²) in [6, 6.07) is 0. The van der Waals surface area contributed by atoms with Crippen LogP contribution >= 0.6 is 0 Å². The summed E-state index contributed by atoms with van der Waals surface area (Å²) in [4.78, 5) is 13.5. The normalized spacial score (nSPS) is 23.9. The molecule has 1 rings (SSSR count). The molecule has 1 amide bonds. The highest BCUT2D eigenvalue weighted by atomic mass is 16.5. The van der Waals surface area contributed by atoms with E-state index < -0.39 is 0 Å². The van der Waals surface area contributed by atoms with Crippen LogP contribution in [0.15, 0.2) is 0 Å². The number of carbonyl (C=O) groups excluding carboxylic acids is 1. The van der Waals surface area contributed by atoms with Gasteiger partial charge in [-0.15, -0.1) is 0 Å². The number of carbonyl (C=O) groups is 1. The molecule has 0 aromatic heterocycles. The van der Waals surface area contributed by atoms with Gasteiger partial charge < -0.3 is 20.5 Å². The van der Waals surface area contributed by atoms with Gasteiger partial charge in [-0.3, -0.25) is 4.79 Å². The third-order valence-corrected chi connectivity index (χ3v) is 2.62. The predicted molar refractivity (Wildman–Crippen MR) is 56.2 cm³/mol. The molecule has 2 unspecified atom stereocenters. The van der Waals surface area contributed by atoms with E-state index in [1.807, 2.05) is 6.92 Å². The van der Waals surface area contributed by atoms with Crippen molar-refractivity contribution in [1.82, 2.24) is 4.90 Å². The number of morpholine rings is 1. The summed E-state index contributed by atoms with van der Waals surface area (Å²) in [6.07, 6.45) is 0.255. The van der Waals surface area contributed by atoms with Gasteiger partial charge in [0.1, 0.15) is 0 Å². The van der Waals surface area contributed by atoms with E-state index in [0.717, 1.165) is 0 Å². The van der Waals surface area contributed by atoms with Crippen LogP contribution in [0.5, 0.6) is 0 Å². The van der Waals surface area contributed by atoms with E-state index in [4.69, 9.17) is 15.6 Å². The Balaban J connectivity index is 2.38. The van der Waals surface area contributed by atoms with Crippen molar-refractivity contribution in [2.45, 2.75) is 19.4 Å². The van der Waals surface area contributed by atoms with E-state index in [2.05, 4.69) is 0 Å². The van der Waals surface area contributed by atoms with Crippen molar-refractivity contribution in [3.63, 3.8) is 0 Å². The van der Waals surface area contributed by atoms with E-state index in [9.17, 15) is 4.79 Å². The van der Waals surface area contributed by atoms with Gasteiger partial charge in [0.25, 0.3) is 0 Å². The first-order valence-electron chi connectivity index (χ1n) is 5.37. The highest BCUT2D eigenvalue weighted by Gasteiger charge is 2.24. The summed E-state index contributed by atoms with van der Waals surface area (Å²) < 4.78 is 5.27. The van der Waals surface area contributed by atoms with Crippen molar-refractivity contribution < 1.29 is 14.6 Å². The lowest BCUT2D eigenvalue weighted by Gasteiger charge is -2.32. The van der Waals surface area contributed by atoms with Crippen molar-refractivity contribution >= 4 is 5.91 Å². The zero-order valence-electron chi connectivity index (χ0n) is 9.19. The number of hydrogen-bond acceptors (Lipinski definition) is 4. The van der Waals surface area contributed by atoms with Gasteiger partial charge in [-0.2, -0.15) is 0 Å². The third-order valence-electron chi connectivity index (χ3n) is 2.62. The van der Waals surface area contributed by atoms with E-state index in [0.29, 0.717) is 32.7 Å². The Bertz CT molecular complexity index is 211. The number of hydrogen-bond donors (Lipinski definition) is 2. The molecule has 1 saturated heterocycles. The fourth-order valence-corrected chi connectivity index (χ4v) is 1.57. The van der Waals surface area contributed by atoms with Crippen molar-refractivity contribution in [3.05, 3.63) is 0 Å². The standard InChI is InChI=1S/C10H20N2O3/c1-8(5-11)4-10(14)12-2-3-15-9(6-12)7-13/h8-9,13H,2-7,11H2,1H3. The fraction of sp³-hybridized carbons (Fsp3) is 0.900. The second-order valence-electron chi connectivity index (χ2n) is 4.06. The third kappa shape index (κ3) is 3.77. The first-order chi connectivity index (χ1) is 7.17. The summed E-state index contributed by atoms with van der Waals surface area (Å²) in [6.45, 7) is 4.07. The second-order valence-corrected chi connectivity index (χ2v) is 4.06. The summed E-state index contributed by atoms with van der Waals surface area (Å²) >= 11 is 0. The number of aliphatic hydroxyl groups is 1. The summed E-state index contributed by atoms with van der Waals surface area (Å²) in [5, 5.41) is 8.94. The molecule has 0 radical (unpaired) electrons. The second kappa shape index (κ2) is 6.05. The molecule has 0 aromatic rings. The van der Waals surface area contributed by atoms with Gasteiger partial charge in [0.15, 0.2) is 0 Å². The van der Waals surface area contributed by atoms with Crippen LogP contribution in [0, 0.1) is 5.92 Å². The average molecular weight is 216 g/mol. The van der Waals surface area contributed by atoms with E-state index in [1.165, 1.54) is 0 Å². The molecular weight excluding hydrogens is 196 g/mol. The van der Waals surface area contributed by atoms with Gasteiger partial charge in [0.2, 0.25) is 5.91 Å². The maximum absolute atomic E-state index is 11.8. The Labute approximate surface area is 90.2 Å². The predicted octanol–water partition coefficient (Wildman–Crippen LogP) is -0.809. The van der Waals surface area contributed by atoms with Crippen molar-refractivity contribution in [2.75, 3.05) is 32.8 Å². The number of nitrogens with zero attached hydrogens (tertiary/aromatic N) is 1. The number of ether oxygens (including phenoxy) is 1. The lowest BCUT2D eigenvalue weighted by atomic mass is 10.1. The summed E-state index contributed by atoms with van der Waals surface area (Å²) in [5.74, 6) is 0.322. The number of amides is 1. The Kier molecular flexibility index (Phi) is 5.01. The minimum Gasteiger partial charge on any atom is -0.394 e. The number of nitrogens with two attached hydrogens (primary N) is 1. The molecule has 0 spiro atoms. The van der Waals surface area contributed by atoms with Crippen LogP contribution in [0.2, 0.25) is 0 Å². The van der Waals surface area contributed by atoms with Crippen LogP contribution in [0.4, 0.5) is 0 Å². The Hall–Kier alpha value is -0.650. The van der Waals surface area contributed by atoms with E-state index in [1.54, 1.807) is 4.90 Å². The molecule has 5 nitrogen and oxygen atoms in total. The molecule has 0 aromatic carbocycles. The van der Waals surface area contributed by atoms with E-state index >= 15 is 0 Å². The minimum absolute atomic E-state index is 0.0315. The molecular formula is C10H20N2O3. The molecule has 0 bridgehead atoms. The van der Waals surface area contributed by atoms with Gasteiger partial charge in [-0.1, -0.05) is 6.92 Å². The minimum atomic E-state index is -0.226. The maximum Gasteiger partial charge on any atom is 0.223 e. The van der Waals surface area contributed by atoms with Crippen LogP contribution in [0.1, 0.15) is 13.3 Å². The zero-order chi connectivity index (χ0) is 11.3. The van der Waals surface area contributed by atoms with Gasteiger partial charge in [-0.25, -0.2) is 0 Å². The van der Waals surface area contributed by atoms with Crippen molar-refractivity contribution in [3.8, 4) is 0 Å². The first-order valence-corrected chi connectivity index (χ1v) is 5.37. The molecule has 1 fully saturated rings. The highest BCUT2D eigenvalue weighted by Crippen LogP contribution is 2.09. The van der Waals surface area contributed by atoms with Crippen LogP contribution in [0.25, 0.3) is 0 Å². The van der Waals surface area contributed by atoms with Crippen LogP contribution < -0.4 is 5.73 Å². The molecule has 1 heterocycles. The van der Waals surface area contributed by atoms with Crippen LogP contribution in [-0.4, -0.2) is 54.9 Å². The average Bonchev–Trinajstić information content (AvgIpc) is 2.28. The highest BCUT2D eigenvalue weighted by molar-refractivity contribution is 5.76.